The number of rotatable bonds is 2. The second kappa shape index (κ2) is 5.67. The van der Waals surface area contributed by atoms with Crippen LogP contribution < -0.4 is 5.73 Å². The zero-order valence-corrected chi connectivity index (χ0v) is 14.7. The second-order valence-electron chi connectivity index (χ2n) is 6.79. The summed E-state index contributed by atoms with van der Waals surface area (Å²) in [7, 11) is 1.82. The number of benzene rings is 2. The molecule has 27 heavy (non-hydrogen) atoms. The number of aromatic amines is 1. The zero-order valence-electron chi connectivity index (χ0n) is 14.7. The van der Waals surface area contributed by atoms with Crippen molar-refractivity contribution in [1.82, 2.24) is 19.9 Å². The van der Waals surface area contributed by atoms with Crippen molar-refractivity contribution in [3.05, 3.63) is 65.9 Å². The van der Waals surface area contributed by atoms with Crippen LogP contribution in [-0.4, -0.2) is 32.8 Å². The van der Waals surface area contributed by atoms with Gasteiger partial charge >= 0.3 is 0 Å². The van der Waals surface area contributed by atoms with Crippen molar-refractivity contribution in [2.24, 2.45) is 0 Å². The van der Waals surface area contributed by atoms with Gasteiger partial charge in [-0.15, -0.1) is 0 Å². The van der Waals surface area contributed by atoms with Gasteiger partial charge in [-0.2, -0.15) is 0 Å². The Morgan fingerprint density at radius 1 is 1.07 bits per heavy atom. The van der Waals surface area contributed by atoms with E-state index in [1.165, 1.54) is 0 Å². The number of nitrogens with two attached hydrogens (primary N) is 1. The third-order valence-corrected chi connectivity index (χ3v) is 4.97. The van der Waals surface area contributed by atoms with Crippen LogP contribution in [0.4, 0.5) is 5.95 Å². The van der Waals surface area contributed by atoms with Gasteiger partial charge in [-0.05, 0) is 47.0 Å². The van der Waals surface area contributed by atoms with E-state index in [-0.39, 0.29) is 5.91 Å². The van der Waals surface area contributed by atoms with E-state index < -0.39 is 0 Å². The Morgan fingerprint density at radius 2 is 1.93 bits per heavy atom. The largest absolute Gasteiger partial charge is 0.369 e. The van der Waals surface area contributed by atoms with Crippen molar-refractivity contribution >= 4 is 22.9 Å². The molecule has 1 aliphatic rings. The summed E-state index contributed by atoms with van der Waals surface area (Å²) in [5.74, 6) is 0.425. The van der Waals surface area contributed by atoms with Gasteiger partial charge in [0.05, 0.1) is 16.7 Å². The summed E-state index contributed by atoms with van der Waals surface area (Å²) in [5, 5.41) is 0. The van der Waals surface area contributed by atoms with Gasteiger partial charge in [-0.25, -0.2) is 4.98 Å². The highest BCUT2D eigenvalue weighted by molar-refractivity contribution is 6.00. The van der Waals surface area contributed by atoms with E-state index >= 15 is 0 Å². The lowest BCUT2D eigenvalue weighted by Gasteiger charge is -2.08. The molecule has 0 aliphatic carbocycles. The highest BCUT2D eigenvalue weighted by atomic mass is 16.2. The number of imidazole rings is 1. The molecule has 1 amide bonds. The van der Waals surface area contributed by atoms with E-state index in [9.17, 15) is 4.79 Å². The molecule has 5 rings (SSSR count). The maximum absolute atomic E-state index is 12.4. The van der Waals surface area contributed by atoms with E-state index in [0.717, 1.165) is 44.5 Å². The van der Waals surface area contributed by atoms with Crippen molar-refractivity contribution < 1.29 is 4.79 Å². The molecule has 4 aromatic rings. The van der Waals surface area contributed by atoms with E-state index in [4.69, 9.17) is 5.73 Å². The first-order chi connectivity index (χ1) is 13.1. The minimum Gasteiger partial charge on any atom is -0.369 e. The molecule has 6 nitrogen and oxygen atoms in total. The molecule has 2 aromatic carbocycles. The van der Waals surface area contributed by atoms with E-state index in [0.29, 0.717) is 12.5 Å². The molecule has 0 radical (unpaired) electrons. The Kier molecular flexibility index (Phi) is 3.27. The highest BCUT2D eigenvalue weighted by Crippen LogP contribution is 2.34. The minimum atomic E-state index is 0.0589. The van der Waals surface area contributed by atoms with Gasteiger partial charge in [0.1, 0.15) is 0 Å². The van der Waals surface area contributed by atoms with Gasteiger partial charge < -0.3 is 15.6 Å². The van der Waals surface area contributed by atoms with Crippen LogP contribution in [0.3, 0.4) is 0 Å². The molecule has 3 heterocycles. The second-order valence-corrected chi connectivity index (χ2v) is 6.79. The maximum Gasteiger partial charge on any atom is 0.254 e. The van der Waals surface area contributed by atoms with Gasteiger partial charge in [0.25, 0.3) is 5.91 Å². The van der Waals surface area contributed by atoms with Crippen LogP contribution in [0.2, 0.25) is 0 Å². The third kappa shape index (κ3) is 2.45. The Labute approximate surface area is 155 Å². The summed E-state index contributed by atoms with van der Waals surface area (Å²) in [5.41, 5.74) is 13.0. The molecule has 2 aromatic heterocycles. The molecule has 0 unspecified atom stereocenters. The average Bonchev–Trinajstić information content (AvgIpc) is 3.20. The molecule has 6 heteroatoms. The number of nitrogen functional groups attached to an aromatic ring is 1. The number of amides is 1. The highest BCUT2D eigenvalue weighted by Gasteiger charge is 2.24. The first kappa shape index (κ1) is 15.6. The zero-order chi connectivity index (χ0) is 18.5. The van der Waals surface area contributed by atoms with Gasteiger partial charge in [0.2, 0.25) is 0 Å². The number of nitrogens with zero attached hydrogens (tertiary/aromatic N) is 3. The number of hydrogen-bond acceptors (Lipinski definition) is 4. The summed E-state index contributed by atoms with van der Waals surface area (Å²) >= 11 is 0. The molecule has 3 N–H and O–H groups in total. The molecule has 1 aliphatic heterocycles. The minimum absolute atomic E-state index is 0.0589. The number of pyridine rings is 1. The normalized spacial score (nSPS) is 13.4. The lowest BCUT2D eigenvalue weighted by atomic mass is 9.97. The molecule has 0 saturated heterocycles. The molecular weight excluding hydrogens is 338 g/mol. The molecular formula is C21H17N5O. The smallest absolute Gasteiger partial charge is 0.254 e. The Balaban J connectivity index is 1.72. The maximum atomic E-state index is 12.4. The third-order valence-electron chi connectivity index (χ3n) is 4.97. The van der Waals surface area contributed by atoms with Gasteiger partial charge in [0, 0.05) is 30.9 Å². The Bertz CT molecular complexity index is 1200. The topological polar surface area (TPSA) is 87.9 Å². The van der Waals surface area contributed by atoms with Crippen molar-refractivity contribution in [2.75, 3.05) is 12.8 Å². The summed E-state index contributed by atoms with van der Waals surface area (Å²) < 4.78 is 0. The number of fused-ring (bicyclic) bond motifs is 2. The number of nitrogens with one attached hydrogen (secondary N) is 1. The lowest BCUT2D eigenvalue weighted by Crippen LogP contribution is -2.17. The first-order valence-corrected chi connectivity index (χ1v) is 8.69. The van der Waals surface area contributed by atoms with Crippen molar-refractivity contribution in [3.63, 3.8) is 0 Å². The standard InChI is InChI=1S/C21H17N5O/c1-26-11-13-6-5-12(8-15(13)20(26)27)14-9-16(17-4-2-3-7-23-17)19-18(10-14)24-21(22)25-19/h2-10H,11H2,1H3,(H3,22,24,25). The van der Waals surface area contributed by atoms with Gasteiger partial charge in [-0.1, -0.05) is 18.2 Å². The predicted octanol–water partition coefficient (Wildman–Crippen LogP) is 3.46. The van der Waals surface area contributed by atoms with Crippen molar-refractivity contribution in [1.29, 1.82) is 0 Å². The van der Waals surface area contributed by atoms with E-state index in [1.54, 1.807) is 11.1 Å². The van der Waals surface area contributed by atoms with Crippen LogP contribution in [-0.2, 0) is 6.54 Å². The first-order valence-electron chi connectivity index (χ1n) is 8.69. The molecule has 0 spiro atoms. The van der Waals surface area contributed by atoms with Crippen LogP contribution >= 0.6 is 0 Å². The summed E-state index contributed by atoms with van der Waals surface area (Å²) in [6.07, 6.45) is 1.76. The number of anilines is 1. The number of carbonyl (C=O) groups is 1. The number of H-pyrrole nitrogens is 1. The molecule has 0 saturated carbocycles. The number of carbonyl (C=O) groups excluding carboxylic acids is 1. The molecule has 0 atom stereocenters. The monoisotopic (exact) mass is 355 g/mol. The average molecular weight is 355 g/mol. The fourth-order valence-corrected chi connectivity index (χ4v) is 3.65. The Morgan fingerprint density at radius 3 is 2.74 bits per heavy atom. The van der Waals surface area contributed by atoms with Crippen LogP contribution in [0.1, 0.15) is 15.9 Å². The van der Waals surface area contributed by atoms with Crippen LogP contribution in [0.5, 0.6) is 0 Å². The summed E-state index contributed by atoms with van der Waals surface area (Å²) in [6.45, 7) is 0.656. The SMILES string of the molecule is CN1Cc2ccc(-c3cc(-c4ccccn4)c4nc(N)[nH]c4c3)cc2C1=O. The molecule has 0 fully saturated rings. The van der Waals surface area contributed by atoms with Crippen LogP contribution in [0.25, 0.3) is 33.4 Å². The Hall–Kier alpha value is -3.67. The van der Waals surface area contributed by atoms with Gasteiger partial charge in [0.15, 0.2) is 5.95 Å². The number of hydrogen-bond donors (Lipinski definition) is 2. The van der Waals surface area contributed by atoms with Crippen molar-refractivity contribution in [3.8, 4) is 22.4 Å². The summed E-state index contributed by atoms with van der Waals surface area (Å²) in [4.78, 5) is 26.1. The van der Waals surface area contributed by atoms with Crippen LogP contribution in [0.15, 0.2) is 54.7 Å². The van der Waals surface area contributed by atoms with Crippen molar-refractivity contribution in [2.45, 2.75) is 6.54 Å². The fraction of sp³-hybridized carbons (Fsp3) is 0.0952. The van der Waals surface area contributed by atoms with E-state index in [1.807, 2.05) is 49.5 Å². The fourth-order valence-electron chi connectivity index (χ4n) is 3.65. The number of aromatic nitrogens is 3. The van der Waals surface area contributed by atoms with E-state index in [2.05, 4.69) is 21.0 Å². The quantitative estimate of drug-likeness (QED) is 0.576. The van der Waals surface area contributed by atoms with Gasteiger partial charge in [-0.3, -0.25) is 9.78 Å². The molecule has 132 valence electrons. The predicted molar refractivity (Wildman–Crippen MR) is 105 cm³/mol. The molecule has 0 bridgehead atoms. The van der Waals surface area contributed by atoms with Crippen LogP contribution in [0, 0.1) is 0 Å². The lowest BCUT2D eigenvalue weighted by molar-refractivity contribution is 0.0816. The summed E-state index contributed by atoms with van der Waals surface area (Å²) in [6, 6.07) is 15.9.